The van der Waals surface area contributed by atoms with Crippen LogP contribution >= 0.6 is 23.4 Å². The third kappa shape index (κ3) is 7.43. The first kappa shape index (κ1) is 25.0. The lowest BCUT2D eigenvalue weighted by Gasteiger charge is -2.13. The Morgan fingerprint density at radius 3 is 2.53 bits per heavy atom. The molecule has 1 aliphatic rings. The topological polar surface area (TPSA) is 30.5 Å². The van der Waals surface area contributed by atoms with Crippen LogP contribution in [0.2, 0.25) is 5.02 Å². The van der Waals surface area contributed by atoms with Gasteiger partial charge in [-0.15, -0.1) is 11.8 Å². The number of halogens is 1. The highest BCUT2D eigenvalue weighted by Gasteiger charge is 2.16. The van der Waals surface area contributed by atoms with Gasteiger partial charge < -0.3 is 14.8 Å². The van der Waals surface area contributed by atoms with E-state index in [1.165, 1.54) is 23.1 Å². The molecule has 3 nitrogen and oxygen atoms in total. The Balaban J connectivity index is 1.22. The zero-order valence-electron chi connectivity index (χ0n) is 19.9. The Morgan fingerprint density at radius 1 is 0.882 bits per heavy atom. The van der Waals surface area contributed by atoms with Gasteiger partial charge in [0.15, 0.2) is 0 Å². The molecule has 0 saturated carbocycles. The van der Waals surface area contributed by atoms with Crippen molar-refractivity contribution in [3.05, 3.63) is 88.4 Å². The Hall–Kier alpha value is -2.14. The van der Waals surface area contributed by atoms with Crippen LogP contribution in [0.15, 0.2) is 66.7 Å². The maximum absolute atomic E-state index is 6.04. The minimum atomic E-state index is 0.453. The molecule has 0 amide bonds. The van der Waals surface area contributed by atoms with Gasteiger partial charge in [-0.2, -0.15) is 0 Å². The number of thioether (sulfide) groups is 1. The summed E-state index contributed by atoms with van der Waals surface area (Å²) in [6.45, 7) is 3.00. The maximum Gasteiger partial charge on any atom is 0.127 e. The lowest BCUT2D eigenvalue weighted by molar-refractivity contribution is 0.305. The Labute approximate surface area is 213 Å². The molecule has 3 aromatic carbocycles. The zero-order valence-corrected chi connectivity index (χ0v) is 21.5. The van der Waals surface area contributed by atoms with E-state index in [9.17, 15) is 0 Å². The standard InChI is InChI=1S/C29H34ClNO2S/c1-2-7-23-18-28(33-26-15-12-25(30)13-16-26)14-11-22(23)8-4-3-5-17-32-27-10-6-9-24(19-27)29-20-34-21-31-29/h6,9-16,18-19,29,31H,2-5,7-8,17,20-21H2,1H3. The van der Waals surface area contributed by atoms with E-state index in [0.717, 1.165) is 67.6 Å². The molecule has 0 aromatic heterocycles. The maximum atomic E-state index is 6.04. The predicted molar refractivity (Wildman–Crippen MR) is 145 cm³/mol. The van der Waals surface area contributed by atoms with Crippen molar-refractivity contribution < 1.29 is 9.47 Å². The van der Waals surface area contributed by atoms with Crippen molar-refractivity contribution in [3.8, 4) is 17.2 Å². The number of rotatable bonds is 12. The van der Waals surface area contributed by atoms with Gasteiger partial charge in [0.25, 0.3) is 0 Å². The van der Waals surface area contributed by atoms with Crippen LogP contribution < -0.4 is 14.8 Å². The highest BCUT2D eigenvalue weighted by molar-refractivity contribution is 7.99. The van der Waals surface area contributed by atoms with Crippen LogP contribution in [0.25, 0.3) is 0 Å². The molecule has 180 valence electrons. The van der Waals surface area contributed by atoms with Crippen molar-refractivity contribution in [2.24, 2.45) is 0 Å². The first-order valence-corrected chi connectivity index (χ1v) is 13.8. The number of ether oxygens (including phenoxy) is 2. The van der Waals surface area contributed by atoms with Gasteiger partial charge in [0, 0.05) is 22.7 Å². The second kappa shape index (κ2) is 13.1. The lowest BCUT2D eigenvalue weighted by atomic mass is 9.98. The van der Waals surface area contributed by atoms with Gasteiger partial charge in [-0.05, 0) is 97.3 Å². The first-order valence-electron chi connectivity index (χ1n) is 12.3. The summed E-state index contributed by atoms with van der Waals surface area (Å²) in [5, 5.41) is 4.24. The minimum Gasteiger partial charge on any atom is -0.494 e. The van der Waals surface area contributed by atoms with E-state index in [0.29, 0.717) is 11.1 Å². The third-order valence-corrected chi connectivity index (χ3v) is 7.27. The quantitative estimate of drug-likeness (QED) is 0.256. The van der Waals surface area contributed by atoms with Crippen LogP contribution in [0, 0.1) is 0 Å². The van der Waals surface area contributed by atoms with Crippen LogP contribution in [-0.2, 0) is 12.8 Å². The second-order valence-corrected chi connectivity index (χ2v) is 10.2. The normalized spacial score (nSPS) is 15.4. The summed E-state index contributed by atoms with van der Waals surface area (Å²) in [6, 6.07) is 23.0. The zero-order chi connectivity index (χ0) is 23.6. The van der Waals surface area contributed by atoms with Crippen LogP contribution in [-0.4, -0.2) is 18.2 Å². The third-order valence-electron chi connectivity index (χ3n) is 6.08. The van der Waals surface area contributed by atoms with Crippen LogP contribution in [0.3, 0.4) is 0 Å². The molecule has 1 aliphatic heterocycles. The van der Waals surface area contributed by atoms with Gasteiger partial charge >= 0.3 is 0 Å². The number of benzene rings is 3. The molecule has 1 atom stereocenters. The van der Waals surface area contributed by atoms with Crippen LogP contribution in [0.5, 0.6) is 17.2 Å². The van der Waals surface area contributed by atoms with E-state index in [2.05, 4.69) is 54.7 Å². The molecule has 0 aliphatic carbocycles. The molecule has 1 fully saturated rings. The summed E-state index contributed by atoms with van der Waals surface area (Å²) in [4.78, 5) is 0. The summed E-state index contributed by atoms with van der Waals surface area (Å²) in [5.74, 6) is 4.85. The molecule has 0 bridgehead atoms. The number of hydrogen-bond acceptors (Lipinski definition) is 4. The first-order chi connectivity index (χ1) is 16.7. The highest BCUT2D eigenvalue weighted by atomic mass is 35.5. The number of aryl methyl sites for hydroxylation is 2. The van der Waals surface area contributed by atoms with Gasteiger partial charge in [-0.1, -0.05) is 43.1 Å². The van der Waals surface area contributed by atoms with E-state index in [4.69, 9.17) is 21.1 Å². The van der Waals surface area contributed by atoms with Crippen LogP contribution in [0.4, 0.5) is 0 Å². The summed E-state index contributed by atoms with van der Waals surface area (Å²) in [6.07, 6.45) is 6.69. The summed E-state index contributed by atoms with van der Waals surface area (Å²) < 4.78 is 12.1. The van der Waals surface area contributed by atoms with E-state index in [1.54, 1.807) is 0 Å². The van der Waals surface area contributed by atoms with Gasteiger partial charge in [0.2, 0.25) is 0 Å². The smallest absolute Gasteiger partial charge is 0.127 e. The molecular weight excluding hydrogens is 462 g/mol. The lowest BCUT2D eigenvalue weighted by Crippen LogP contribution is -2.14. The molecule has 5 heteroatoms. The van der Waals surface area contributed by atoms with Crippen molar-refractivity contribution in [1.29, 1.82) is 0 Å². The van der Waals surface area contributed by atoms with Gasteiger partial charge in [0.1, 0.15) is 17.2 Å². The summed E-state index contributed by atoms with van der Waals surface area (Å²) >= 11 is 7.93. The number of nitrogens with one attached hydrogen (secondary N) is 1. The highest BCUT2D eigenvalue weighted by Crippen LogP contribution is 2.28. The largest absolute Gasteiger partial charge is 0.494 e. The van der Waals surface area contributed by atoms with Gasteiger partial charge in [-0.3, -0.25) is 0 Å². The molecular formula is C29H34ClNO2S. The van der Waals surface area contributed by atoms with Crippen molar-refractivity contribution in [1.82, 2.24) is 5.32 Å². The van der Waals surface area contributed by atoms with Gasteiger partial charge in [-0.25, -0.2) is 0 Å². The second-order valence-electron chi connectivity index (χ2n) is 8.74. The van der Waals surface area contributed by atoms with Crippen molar-refractivity contribution in [2.75, 3.05) is 18.2 Å². The van der Waals surface area contributed by atoms with Crippen LogP contribution in [0.1, 0.15) is 55.3 Å². The Bertz CT molecular complexity index is 1030. The molecule has 34 heavy (non-hydrogen) atoms. The minimum absolute atomic E-state index is 0.453. The van der Waals surface area contributed by atoms with Crippen molar-refractivity contribution >= 4 is 23.4 Å². The molecule has 4 rings (SSSR count). The fourth-order valence-electron chi connectivity index (χ4n) is 4.27. The van der Waals surface area contributed by atoms with Crippen molar-refractivity contribution in [3.63, 3.8) is 0 Å². The molecule has 1 unspecified atom stereocenters. The molecule has 1 saturated heterocycles. The SMILES string of the molecule is CCCc1cc(Oc2ccc(Cl)cc2)ccc1CCCCCOc1cccc(C2CSCN2)c1. The molecule has 1 N–H and O–H groups in total. The fraction of sp³-hybridized carbons (Fsp3) is 0.379. The average molecular weight is 496 g/mol. The Kier molecular flexibility index (Phi) is 9.61. The fourth-order valence-corrected chi connectivity index (χ4v) is 5.37. The van der Waals surface area contributed by atoms with E-state index in [-0.39, 0.29) is 0 Å². The van der Waals surface area contributed by atoms with E-state index >= 15 is 0 Å². The summed E-state index contributed by atoms with van der Waals surface area (Å²) in [5.41, 5.74) is 4.15. The molecule has 1 heterocycles. The molecule has 0 radical (unpaired) electrons. The monoisotopic (exact) mass is 495 g/mol. The van der Waals surface area contributed by atoms with E-state index in [1.807, 2.05) is 36.0 Å². The Morgan fingerprint density at radius 2 is 1.74 bits per heavy atom. The average Bonchev–Trinajstić information content (AvgIpc) is 3.39. The summed E-state index contributed by atoms with van der Waals surface area (Å²) in [7, 11) is 0. The van der Waals surface area contributed by atoms with Crippen molar-refractivity contribution in [2.45, 2.75) is 51.5 Å². The molecule has 3 aromatic rings. The van der Waals surface area contributed by atoms with E-state index < -0.39 is 0 Å². The molecule has 0 spiro atoms. The predicted octanol–water partition coefficient (Wildman–Crippen LogP) is 8.21. The van der Waals surface area contributed by atoms with Gasteiger partial charge in [0.05, 0.1) is 6.61 Å². The number of hydrogen-bond donors (Lipinski definition) is 1. The number of unbranched alkanes of at least 4 members (excludes halogenated alkanes) is 2.